The summed E-state index contributed by atoms with van der Waals surface area (Å²) in [6.07, 6.45) is 5.62. The summed E-state index contributed by atoms with van der Waals surface area (Å²) in [6, 6.07) is 4.07. The Bertz CT molecular complexity index is 323. The van der Waals surface area contributed by atoms with Crippen LogP contribution in [0.15, 0.2) is 16.5 Å². The van der Waals surface area contributed by atoms with Gasteiger partial charge in [0, 0.05) is 0 Å². The molecular formula is C13H20INO. The molecular weight excluding hydrogens is 313 g/mol. The monoisotopic (exact) mass is 333 g/mol. The fraction of sp³-hybridized carbons (Fsp3) is 0.692. The zero-order chi connectivity index (χ0) is 11.4. The summed E-state index contributed by atoms with van der Waals surface area (Å²) in [4.78, 5) is 0. The van der Waals surface area contributed by atoms with Gasteiger partial charge >= 0.3 is 0 Å². The molecule has 0 saturated heterocycles. The van der Waals surface area contributed by atoms with Crippen molar-refractivity contribution >= 4 is 22.6 Å². The third-order valence-electron chi connectivity index (χ3n) is 3.41. The van der Waals surface area contributed by atoms with Crippen LogP contribution >= 0.6 is 22.6 Å². The lowest BCUT2D eigenvalue weighted by atomic mass is 9.82. The highest BCUT2D eigenvalue weighted by molar-refractivity contribution is 14.1. The average molecular weight is 333 g/mol. The summed E-state index contributed by atoms with van der Waals surface area (Å²) < 4.78 is 6.49. The van der Waals surface area contributed by atoms with E-state index in [0.29, 0.717) is 0 Å². The number of rotatable bonds is 4. The van der Waals surface area contributed by atoms with Gasteiger partial charge < -0.3 is 9.73 Å². The summed E-state index contributed by atoms with van der Waals surface area (Å²) >= 11 is 2.20. The minimum absolute atomic E-state index is 0.869. The van der Waals surface area contributed by atoms with E-state index in [-0.39, 0.29) is 0 Å². The molecule has 2 nitrogen and oxygen atoms in total. The summed E-state index contributed by atoms with van der Waals surface area (Å²) in [5, 5.41) is 3.51. The first-order chi connectivity index (χ1) is 7.74. The minimum Gasteiger partial charge on any atom is -0.454 e. The van der Waals surface area contributed by atoms with E-state index < -0.39 is 0 Å². The molecule has 2 unspecified atom stereocenters. The maximum atomic E-state index is 5.52. The highest BCUT2D eigenvalue weighted by Gasteiger charge is 2.18. The molecule has 0 aromatic carbocycles. The van der Waals surface area contributed by atoms with Gasteiger partial charge in [0.05, 0.1) is 6.54 Å². The van der Waals surface area contributed by atoms with E-state index in [4.69, 9.17) is 4.42 Å². The summed E-state index contributed by atoms with van der Waals surface area (Å²) in [5.74, 6) is 2.84. The van der Waals surface area contributed by atoms with Crippen LogP contribution in [0.25, 0.3) is 0 Å². The predicted molar refractivity (Wildman–Crippen MR) is 74.3 cm³/mol. The van der Waals surface area contributed by atoms with Crippen molar-refractivity contribution in [2.45, 2.75) is 39.2 Å². The second-order valence-corrected chi connectivity index (χ2v) is 6.04. The van der Waals surface area contributed by atoms with Crippen LogP contribution in [0.3, 0.4) is 0 Å². The number of nitrogens with one attached hydrogen (secondary N) is 1. The zero-order valence-corrected chi connectivity index (χ0v) is 12.0. The molecule has 1 aromatic rings. The van der Waals surface area contributed by atoms with Gasteiger partial charge in [-0.3, -0.25) is 0 Å². The van der Waals surface area contributed by atoms with Gasteiger partial charge in [-0.05, 0) is 65.9 Å². The lowest BCUT2D eigenvalue weighted by molar-refractivity contribution is 0.272. The van der Waals surface area contributed by atoms with Gasteiger partial charge in [0.15, 0.2) is 3.77 Å². The molecule has 2 atom stereocenters. The highest BCUT2D eigenvalue weighted by atomic mass is 127. The van der Waals surface area contributed by atoms with Crippen molar-refractivity contribution in [3.05, 3.63) is 21.7 Å². The molecule has 0 radical (unpaired) electrons. The summed E-state index contributed by atoms with van der Waals surface area (Å²) in [7, 11) is 0. The fourth-order valence-electron chi connectivity index (χ4n) is 2.59. The fourth-order valence-corrected chi connectivity index (χ4v) is 3.05. The third kappa shape index (κ3) is 3.77. The second-order valence-electron chi connectivity index (χ2n) is 4.97. The normalized spacial score (nSPS) is 25.9. The number of hydrogen-bond donors (Lipinski definition) is 1. The van der Waals surface area contributed by atoms with Crippen LogP contribution in [-0.2, 0) is 6.54 Å². The molecule has 0 aliphatic heterocycles. The maximum Gasteiger partial charge on any atom is 0.164 e. The molecule has 0 bridgehead atoms. The van der Waals surface area contributed by atoms with Gasteiger partial charge in [-0.25, -0.2) is 0 Å². The van der Waals surface area contributed by atoms with Crippen LogP contribution in [0, 0.1) is 15.6 Å². The van der Waals surface area contributed by atoms with Gasteiger partial charge in [-0.1, -0.05) is 19.8 Å². The molecule has 3 heteroatoms. The Morgan fingerprint density at radius 3 is 3.00 bits per heavy atom. The number of hydrogen-bond acceptors (Lipinski definition) is 2. The lowest BCUT2D eigenvalue weighted by Crippen LogP contribution is -2.26. The van der Waals surface area contributed by atoms with Crippen molar-refractivity contribution in [2.75, 3.05) is 6.54 Å². The first-order valence-corrected chi connectivity index (χ1v) is 7.27. The largest absolute Gasteiger partial charge is 0.454 e. The SMILES string of the molecule is CC1CCCC(CNCc2ccc(I)o2)C1. The van der Waals surface area contributed by atoms with E-state index >= 15 is 0 Å². The molecule has 0 amide bonds. The average Bonchev–Trinajstić information content (AvgIpc) is 2.64. The highest BCUT2D eigenvalue weighted by Crippen LogP contribution is 2.27. The van der Waals surface area contributed by atoms with Crippen molar-refractivity contribution in [3.8, 4) is 0 Å². The van der Waals surface area contributed by atoms with Crippen molar-refractivity contribution in [3.63, 3.8) is 0 Å². The van der Waals surface area contributed by atoms with Crippen LogP contribution in [-0.4, -0.2) is 6.54 Å². The zero-order valence-electron chi connectivity index (χ0n) is 9.84. The van der Waals surface area contributed by atoms with Gasteiger partial charge in [0.25, 0.3) is 0 Å². The predicted octanol–water partition coefficient (Wildman–Crippen LogP) is 3.80. The van der Waals surface area contributed by atoms with Crippen LogP contribution in [0.1, 0.15) is 38.4 Å². The van der Waals surface area contributed by atoms with Gasteiger partial charge in [-0.2, -0.15) is 0 Å². The number of halogens is 1. The van der Waals surface area contributed by atoms with Crippen molar-refractivity contribution in [1.82, 2.24) is 5.32 Å². The molecule has 16 heavy (non-hydrogen) atoms. The Kier molecular flexibility index (Phi) is 4.70. The Balaban J connectivity index is 1.67. The topological polar surface area (TPSA) is 25.2 Å². The molecule has 1 N–H and O–H groups in total. The van der Waals surface area contributed by atoms with Gasteiger partial charge in [0.2, 0.25) is 0 Å². The Hall–Kier alpha value is -0.0300. The van der Waals surface area contributed by atoms with E-state index in [1.54, 1.807) is 0 Å². The number of furan rings is 1. The smallest absolute Gasteiger partial charge is 0.164 e. The molecule has 1 saturated carbocycles. The molecule has 1 heterocycles. The molecule has 90 valence electrons. The van der Waals surface area contributed by atoms with Gasteiger partial charge in [0.1, 0.15) is 5.76 Å². The Morgan fingerprint density at radius 2 is 2.31 bits per heavy atom. The molecule has 1 aliphatic carbocycles. The maximum absolute atomic E-state index is 5.52. The van der Waals surface area contributed by atoms with Crippen LogP contribution < -0.4 is 5.32 Å². The van der Waals surface area contributed by atoms with Crippen molar-refractivity contribution in [1.29, 1.82) is 0 Å². The summed E-state index contributed by atoms with van der Waals surface area (Å²) in [6.45, 7) is 4.39. The van der Waals surface area contributed by atoms with Crippen LogP contribution in [0.4, 0.5) is 0 Å². The minimum atomic E-state index is 0.869. The van der Waals surface area contributed by atoms with Crippen molar-refractivity contribution in [2.24, 2.45) is 11.8 Å². The van der Waals surface area contributed by atoms with E-state index in [9.17, 15) is 0 Å². The molecule has 1 aliphatic rings. The third-order valence-corrected chi connectivity index (χ3v) is 3.99. The van der Waals surface area contributed by atoms with Gasteiger partial charge in [-0.15, -0.1) is 0 Å². The van der Waals surface area contributed by atoms with Crippen molar-refractivity contribution < 1.29 is 4.42 Å². The van der Waals surface area contributed by atoms with E-state index in [2.05, 4.69) is 40.9 Å². The first kappa shape index (κ1) is 12.4. The quantitative estimate of drug-likeness (QED) is 0.848. The van der Waals surface area contributed by atoms with E-state index in [0.717, 1.165) is 34.5 Å². The molecule has 0 spiro atoms. The lowest BCUT2D eigenvalue weighted by Gasteiger charge is -2.26. The molecule has 1 fully saturated rings. The summed E-state index contributed by atoms with van der Waals surface area (Å²) in [5.41, 5.74) is 0. The Morgan fingerprint density at radius 1 is 1.44 bits per heavy atom. The standard InChI is InChI=1S/C13H20INO/c1-10-3-2-4-11(7-10)8-15-9-12-5-6-13(14)16-12/h5-6,10-11,15H,2-4,7-9H2,1H3. The van der Waals surface area contributed by atoms with E-state index in [1.807, 2.05) is 6.07 Å². The van der Waals surface area contributed by atoms with Crippen LogP contribution in [0.5, 0.6) is 0 Å². The van der Waals surface area contributed by atoms with E-state index in [1.165, 1.54) is 25.7 Å². The molecule has 2 rings (SSSR count). The Labute approximate surface area is 111 Å². The van der Waals surface area contributed by atoms with Crippen LogP contribution in [0.2, 0.25) is 0 Å². The molecule has 1 aromatic heterocycles. The second kappa shape index (κ2) is 6.05. The first-order valence-electron chi connectivity index (χ1n) is 6.19.